The number of benzene rings is 1. The van der Waals surface area contributed by atoms with Gasteiger partial charge in [0.2, 0.25) is 11.0 Å². The summed E-state index contributed by atoms with van der Waals surface area (Å²) in [5.41, 5.74) is -0.328. The van der Waals surface area contributed by atoms with Gasteiger partial charge in [0.05, 0.1) is 24.3 Å². The van der Waals surface area contributed by atoms with Crippen molar-refractivity contribution in [2.24, 2.45) is 0 Å². The van der Waals surface area contributed by atoms with Crippen molar-refractivity contribution < 1.29 is 27.5 Å². The van der Waals surface area contributed by atoms with E-state index in [0.717, 1.165) is 35.2 Å². The Morgan fingerprint density at radius 3 is 2.54 bits per heavy atom. The summed E-state index contributed by atoms with van der Waals surface area (Å²) >= 11 is 2.23. The minimum atomic E-state index is -4.41. The molecule has 11 heteroatoms. The van der Waals surface area contributed by atoms with Gasteiger partial charge in [-0.15, -0.1) is 10.2 Å². The number of ether oxygens (including phenoxy) is 1. The fourth-order valence-electron chi connectivity index (χ4n) is 1.80. The molecule has 1 N–H and O–H groups in total. The number of carbonyl (C=O) groups excluding carboxylic acids is 2. The molecule has 1 amide bonds. The number of hydrogen-bond acceptors (Lipinski definition) is 7. The van der Waals surface area contributed by atoms with Crippen LogP contribution in [0.15, 0.2) is 28.6 Å². The van der Waals surface area contributed by atoms with E-state index in [9.17, 15) is 22.8 Å². The molecule has 0 bridgehead atoms. The highest BCUT2D eigenvalue weighted by atomic mass is 32.2. The summed E-state index contributed by atoms with van der Waals surface area (Å²) in [5, 5.41) is 10.4. The Hall–Kier alpha value is -2.14. The molecule has 0 aliphatic carbocycles. The van der Waals surface area contributed by atoms with Gasteiger partial charge in [-0.3, -0.25) is 9.59 Å². The Labute approximate surface area is 155 Å². The lowest BCUT2D eigenvalue weighted by Crippen LogP contribution is -2.14. The Bertz CT molecular complexity index is 763. The molecule has 0 atom stereocenters. The van der Waals surface area contributed by atoms with Gasteiger partial charge in [0, 0.05) is 0 Å². The molecule has 0 saturated carbocycles. The maximum absolute atomic E-state index is 12.5. The van der Waals surface area contributed by atoms with Crippen molar-refractivity contribution >= 4 is 40.1 Å². The molecule has 1 heterocycles. The van der Waals surface area contributed by atoms with Gasteiger partial charge in [0.1, 0.15) is 0 Å². The smallest absolute Gasteiger partial charge is 0.416 e. The summed E-state index contributed by atoms with van der Waals surface area (Å²) in [6.07, 6.45) is -4.51. The van der Waals surface area contributed by atoms with Crippen LogP contribution in [0.1, 0.15) is 18.1 Å². The number of amides is 1. The van der Waals surface area contributed by atoms with E-state index in [2.05, 4.69) is 15.5 Å². The van der Waals surface area contributed by atoms with E-state index in [1.54, 1.807) is 6.92 Å². The number of nitrogens with one attached hydrogen (secondary N) is 1. The van der Waals surface area contributed by atoms with Crippen molar-refractivity contribution in [2.45, 2.75) is 23.9 Å². The molecular formula is C15H14F3N3O3S2. The van der Waals surface area contributed by atoms with Crippen LogP contribution in [0.2, 0.25) is 0 Å². The highest BCUT2D eigenvalue weighted by Crippen LogP contribution is 2.29. The van der Waals surface area contributed by atoms with Gasteiger partial charge >= 0.3 is 12.1 Å². The summed E-state index contributed by atoms with van der Waals surface area (Å²) in [6, 6.07) is 4.36. The molecule has 0 fully saturated rings. The van der Waals surface area contributed by atoms with E-state index in [0.29, 0.717) is 16.5 Å². The van der Waals surface area contributed by atoms with Crippen LogP contribution in [-0.4, -0.2) is 34.4 Å². The number of hydrogen-bond donors (Lipinski definition) is 1. The van der Waals surface area contributed by atoms with Crippen molar-refractivity contribution in [3.8, 4) is 0 Å². The normalized spacial score (nSPS) is 11.2. The van der Waals surface area contributed by atoms with E-state index >= 15 is 0 Å². The lowest BCUT2D eigenvalue weighted by molar-refractivity contribution is -0.140. The van der Waals surface area contributed by atoms with Gasteiger partial charge in [0.15, 0.2) is 4.34 Å². The van der Waals surface area contributed by atoms with E-state index in [1.807, 2.05) is 0 Å². The van der Waals surface area contributed by atoms with E-state index in [4.69, 9.17) is 4.74 Å². The Kier molecular flexibility index (Phi) is 6.98. The predicted molar refractivity (Wildman–Crippen MR) is 91.0 cm³/mol. The number of halogens is 3. The molecule has 0 aliphatic rings. The quantitative estimate of drug-likeness (QED) is 0.432. The second kappa shape index (κ2) is 8.99. The first kappa shape index (κ1) is 20.2. The second-order valence-corrected chi connectivity index (χ2v) is 7.09. The fraction of sp³-hybridized carbons (Fsp3) is 0.333. The zero-order chi connectivity index (χ0) is 19.2. The summed E-state index contributed by atoms with van der Waals surface area (Å²) in [4.78, 5) is 23.2. The molecule has 6 nitrogen and oxygen atoms in total. The third-order valence-electron chi connectivity index (χ3n) is 2.92. The second-order valence-electron chi connectivity index (χ2n) is 4.89. The molecular weight excluding hydrogens is 391 g/mol. The zero-order valence-electron chi connectivity index (χ0n) is 13.5. The number of rotatable bonds is 7. The molecule has 0 spiro atoms. The van der Waals surface area contributed by atoms with E-state index in [1.165, 1.54) is 12.1 Å². The van der Waals surface area contributed by atoms with Crippen LogP contribution in [0, 0.1) is 0 Å². The Morgan fingerprint density at radius 2 is 1.92 bits per heavy atom. The van der Waals surface area contributed by atoms with Crippen molar-refractivity contribution in [2.75, 3.05) is 17.7 Å². The average Bonchev–Trinajstić information content (AvgIpc) is 3.00. The first-order chi connectivity index (χ1) is 12.3. The monoisotopic (exact) mass is 405 g/mol. The maximum Gasteiger partial charge on any atom is 0.416 e. The van der Waals surface area contributed by atoms with Crippen LogP contribution in [0.25, 0.3) is 0 Å². The molecule has 2 aromatic rings. The third kappa shape index (κ3) is 6.30. The molecule has 1 aromatic heterocycles. The fourth-order valence-corrected chi connectivity index (χ4v) is 3.37. The molecule has 2 rings (SSSR count). The first-order valence-electron chi connectivity index (χ1n) is 7.36. The van der Waals surface area contributed by atoms with Crippen molar-refractivity contribution in [3.63, 3.8) is 0 Å². The minimum Gasteiger partial charge on any atom is -0.465 e. The lowest BCUT2D eigenvalue weighted by Gasteiger charge is -2.07. The van der Waals surface area contributed by atoms with Gasteiger partial charge < -0.3 is 10.1 Å². The molecule has 0 unspecified atom stereocenters. The maximum atomic E-state index is 12.5. The SMILES string of the molecule is CCOC(=O)CSc1nnc(NC(=O)Cc2ccc(C(F)(F)F)cc2)s1. The zero-order valence-corrected chi connectivity index (χ0v) is 15.1. The van der Waals surface area contributed by atoms with Crippen molar-refractivity contribution in [3.05, 3.63) is 35.4 Å². The summed E-state index contributed by atoms with van der Waals surface area (Å²) in [6.45, 7) is 2.00. The number of carbonyl (C=O) groups is 2. The van der Waals surface area contributed by atoms with E-state index < -0.39 is 17.6 Å². The number of nitrogens with zero attached hydrogens (tertiary/aromatic N) is 2. The van der Waals surface area contributed by atoms with Gasteiger partial charge in [-0.25, -0.2) is 0 Å². The number of alkyl halides is 3. The highest BCUT2D eigenvalue weighted by Gasteiger charge is 2.29. The molecule has 0 aliphatic heterocycles. The molecule has 26 heavy (non-hydrogen) atoms. The molecule has 0 saturated heterocycles. The van der Waals surface area contributed by atoms with Gasteiger partial charge in [0.25, 0.3) is 0 Å². The third-order valence-corrected chi connectivity index (χ3v) is 4.86. The van der Waals surface area contributed by atoms with Gasteiger partial charge in [-0.05, 0) is 24.6 Å². The summed E-state index contributed by atoms with van der Waals surface area (Å²) < 4.78 is 42.8. The van der Waals surface area contributed by atoms with Crippen LogP contribution in [0.5, 0.6) is 0 Å². The van der Waals surface area contributed by atoms with Gasteiger partial charge in [-0.2, -0.15) is 13.2 Å². The average molecular weight is 405 g/mol. The van der Waals surface area contributed by atoms with Crippen molar-refractivity contribution in [1.82, 2.24) is 10.2 Å². The first-order valence-corrected chi connectivity index (χ1v) is 9.16. The van der Waals surface area contributed by atoms with Crippen LogP contribution in [-0.2, 0) is 26.9 Å². The van der Waals surface area contributed by atoms with Gasteiger partial charge in [-0.1, -0.05) is 35.2 Å². The standard InChI is InChI=1S/C15H14F3N3O3S2/c1-2-24-12(23)8-25-14-21-20-13(26-14)19-11(22)7-9-3-5-10(6-4-9)15(16,17)18/h3-6H,2,7-8H2,1H3,(H,19,20,22). The topological polar surface area (TPSA) is 81.2 Å². The number of aromatic nitrogens is 2. The summed E-state index contributed by atoms with van der Waals surface area (Å²) in [7, 11) is 0. The molecule has 1 aromatic carbocycles. The number of esters is 1. The Morgan fingerprint density at radius 1 is 1.23 bits per heavy atom. The lowest BCUT2D eigenvalue weighted by atomic mass is 10.1. The molecule has 0 radical (unpaired) electrons. The minimum absolute atomic E-state index is 0.0853. The predicted octanol–water partition coefficient (Wildman–Crippen LogP) is 3.39. The summed E-state index contributed by atoms with van der Waals surface area (Å²) in [5.74, 6) is -0.717. The highest BCUT2D eigenvalue weighted by molar-refractivity contribution is 8.01. The Balaban J connectivity index is 1.85. The molecule has 140 valence electrons. The number of anilines is 1. The van der Waals surface area contributed by atoms with Crippen LogP contribution >= 0.6 is 23.1 Å². The largest absolute Gasteiger partial charge is 0.465 e. The van der Waals surface area contributed by atoms with Crippen molar-refractivity contribution in [1.29, 1.82) is 0 Å². The van der Waals surface area contributed by atoms with Crippen LogP contribution in [0.3, 0.4) is 0 Å². The number of thioether (sulfide) groups is 1. The van der Waals surface area contributed by atoms with E-state index in [-0.39, 0.29) is 23.3 Å². The van der Waals surface area contributed by atoms with Crippen LogP contribution < -0.4 is 5.32 Å². The van der Waals surface area contributed by atoms with Crippen LogP contribution in [0.4, 0.5) is 18.3 Å².